The third kappa shape index (κ3) is 6.32. The van der Waals surface area contributed by atoms with Gasteiger partial charge in [-0.15, -0.1) is 12.4 Å². The molecule has 1 rings (SSSR count). The summed E-state index contributed by atoms with van der Waals surface area (Å²) in [6.45, 7) is 1.64. The maximum absolute atomic E-state index is 12.4. The molecule has 0 aromatic heterocycles. The number of carbonyl (C=O) groups is 1. The number of halogens is 3. The van der Waals surface area contributed by atoms with Crippen LogP contribution in [0.5, 0.6) is 11.5 Å². The van der Waals surface area contributed by atoms with Gasteiger partial charge in [0.05, 0.1) is 12.5 Å². The molecule has 0 unspecified atom stereocenters. The Kier molecular flexibility index (Phi) is 10.4. The van der Waals surface area contributed by atoms with Crippen LogP contribution in [0, 0.1) is 5.41 Å². The van der Waals surface area contributed by atoms with Crippen molar-refractivity contribution in [3.8, 4) is 11.5 Å². The Morgan fingerprint density at radius 3 is 2.40 bits per heavy atom. The minimum atomic E-state index is -2.92. The molecule has 0 fully saturated rings. The Hall–Kier alpha value is -1.60. The van der Waals surface area contributed by atoms with Crippen molar-refractivity contribution in [1.29, 1.82) is 0 Å². The van der Waals surface area contributed by atoms with Gasteiger partial charge in [-0.1, -0.05) is 19.9 Å². The van der Waals surface area contributed by atoms with E-state index in [0.29, 0.717) is 32.4 Å². The van der Waals surface area contributed by atoms with Crippen molar-refractivity contribution in [2.45, 2.75) is 39.7 Å². The first kappa shape index (κ1) is 23.4. The lowest BCUT2D eigenvalue weighted by Crippen LogP contribution is -2.45. The van der Waals surface area contributed by atoms with Gasteiger partial charge in [0, 0.05) is 13.1 Å². The first-order valence-electron chi connectivity index (χ1n) is 8.02. The van der Waals surface area contributed by atoms with Crippen molar-refractivity contribution in [2.24, 2.45) is 11.1 Å². The third-order valence-corrected chi connectivity index (χ3v) is 4.37. The molecule has 0 atom stereocenters. The number of alkyl halides is 2. The average molecular weight is 381 g/mol. The molecular weight excluding hydrogens is 354 g/mol. The first-order chi connectivity index (χ1) is 11.4. The highest BCUT2D eigenvalue weighted by molar-refractivity contribution is 5.85. The summed E-state index contributed by atoms with van der Waals surface area (Å²) in [6.07, 6.45) is 1.82. The summed E-state index contributed by atoms with van der Waals surface area (Å²) in [5, 5.41) is 2.87. The highest BCUT2D eigenvalue weighted by atomic mass is 35.5. The molecule has 0 aliphatic heterocycles. The van der Waals surface area contributed by atoms with E-state index in [1.165, 1.54) is 13.2 Å². The average Bonchev–Trinajstić information content (AvgIpc) is 2.57. The molecule has 0 bridgehead atoms. The minimum absolute atomic E-state index is 0. The fraction of sp³-hybridized carbons (Fsp3) is 0.588. The van der Waals surface area contributed by atoms with Crippen molar-refractivity contribution in [1.82, 2.24) is 5.32 Å². The van der Waals surface area contributed by atoms with Gasteiger partial charge in [-0.25, -0.2) is 0 Å². The SMILES string of the molecule is CCC(CC)(CN)C(=O)NCCc1ccc(OC)c(OC(F)F)c1.Cl. The van der Waals surface area contributed by atoms with Gasteiger partial charge >= 0.3 is 6.61 Å². The summed E-state index contributed by atoms with van der Waals surface area (Å²) in [7, 11) is 1.38. The predicted octanol–water partition coefficient (Wildman–Crippen LogP) is 3.14. The van der Waals surface area contributed by atoms with E-state index in [4.69, 9.17) is 10.5 Å². The largest absolute Gasteiger partial charge is 0.493 e. The predicted molar refractivity (Wildman–Crippen MR) is 95.7 cm³/mol. The molecule has 1 amide bonds. The van der Waals surface area contributed by atoms with E-state index in [9.17, 15) is 13.6 Å². The van der Waals surface area contributed by atoms with Gasteiger partial charge in [0.15, 0.2) is 11.5 Å². The second-order valence-electron chi connectivity index (χ2n) is 5.56. The van der Waals surface area contributed by atoms with Gasteiger partial charge in [-0.05, 0) is 37.0 Å². The smallest absolute Gasteiger partial charge is 0.387 e. The fourth-order valence-electron chi connectivity index (χ4n) is 2.53. The summed E-state index contributed by atoms with van der Waals surface area (Å²) >= 11 is 0. The second-order valence-corrected chi connectivity index (χ2v) is 5.56. The van der Waals surface area contributed by atoms with Gasteiger partial charge in [0.1, 0.15) is 0 Å². The Labute approximate surface area is 153 Å². The summed E-state index contributed by atoms with van der Waals surface area (Å²) in [4.78, 5) is 12.3. The van der Waals surface area contributed by atoms with E-state index < -0.39 is 12.0 Å². The molecule has 0 aliphatic rings. The number of ether oxygens (including phenoxy) is 2. The highest BCUT2D eigenvalue weighted by Gasteiger charge is 2.32. The molecule has 0 saturated heterocycles. The second kappa shape index (κ2) is 11.1. The van der Waals surface area contributed by atoms with E-state index in [2.05, 4.69) is 10.1 Å². The van der Waals surface area contributed by atoms with Crippen molar-refractivity contribution in [3.05, 3.63) is 23.8 Å². The Morgan fingerprint density at radius 2 is 1.92 bits per heavy atom. The number of carbonyl (C=O) groups excluding carboxylic acids is 1. The molecule has 0 heterocycles. The normalized spacial score (nSPS) is 11.0. The lowest BCUT2D eigenvalue weighted by molar-refractivity contribution is -0.131. The van der Waals surface area contributed by atoms with Crippen LogP contribution in [-0.4, -0.2) is 32.7 Å². The molecule has 0 saturated carbocycles. The van der Waals surface area contributed by atoms with Gasteiger partial charge in [-0.3, -0.25) is 4.79 Å². The number of rotatable bonds is 10. The van der Waals surface area contributed by atoms with Gasteiger partial charge < -0.3 is 20.5 Å². The molecule has 1 aromatic rings. The number of benzene rings is 1. The van der Waals surface area contributed by atoms with Crippen LogP contribution in [0.15, 0.2) is 18.2 Å². The molecule has 0 radical (unpaired) electrons. The van der Waals surface area contributed by atoms with Crippen LogP contribution in [0.4, 0.5) is 8.78 Å². The standard InChI is InChI=1S/C17H26F2N2O3.ClH/c1-4-17(5-2,11-20)15(22)21-9-8-12-6-7-13(23-3)14(10-12)24-16(18)19;/h6-7,10,16H,4-5,8-9,11,20H2,1-3H3,(H,21,22);1H. The Morgan fingerprint density at radius 1 is 1.28 bits per heavy atom. The minimum Gasteiger partial charge on any atom is -0.493 e. The number of amides is 1. The van der Waals surface area contributed by atoms with Crippen LogP contribution in [-0.2, 0) is 11.2 Å². The molecule has 1 aromatic carbocycles. The van der Waals surface area contributed by atoms with E-state index in [1.54, 1.807) is 12.1 Å². The molecule has 0 aliphatic carbocycles. The van der Waals surface area contributed by atoms with Gasteiger partial charge in [0.25, 0.3) is 0 Å². The number of nitrogens with two attached hydrogens (primary N) is 1. The van der Waals surface area contributed by atoms with E-state index in [1.807, 2.05) is 13.8 Å². The molecule has 8 heteroatoms. The summed E-state index contributed by atoms with van der Waals surface area (Å²) in [5.74, 6) is 0.143. The number of hydrogen-bond donors (Lipinski definition) is 2. The molecule has 3 N–H and O–H groups in total. The summed E-state index contributed by atoms with van der Waals surface area (Å²) in [5.41, 5.74) is 5.96. The zero-order valence-corrected chi connectivity index (χ0v) is 15.6. The van der Waals surface area contributed by atoms with Crippen LogP contribution in [0.2, 0.25) is 0 Å². The zero-order valence-electron chi connectivity index (χ0n) is 14.8. The molecular formula is C17H27ClF2N2O3. The van der Waals surface area contributed by atoms with E-state index >= 15 is 0 Å². The van der Waals surface area contributed by atoms with Crippen molar-refractivity contribution >= 4 is 18.3 Å². The number of hydrogen-bond acceptors (Lipinski definition) is 4. The van der Waals surface area contributed by atoms with E-state index in [-0.39, 0.29) is 29.8 Å². The van der Waals surface area contributed by atoms with Crippen LogP contribution in [0.1, 0.15) is 32.3 Å². The van der Waals surface area contributed by atoms with Crippen LogP contribution in [0.25, 0.3) is 0 Å². The highest BCUT2D eigenvalue weighted by Crippen LogP contribution is 2.29. The fourth-order valence-corrected chi connectivity index (χ4v) is 2.53. The van der Waals surface area contributed by atoms with E-state index in [0.717, 1.165) is 5.56 Å². The van der Waals surface area contributed by atoms with Crippen molar-refractivity contribution in [2.75, 3.05) is 20.2 Å². The third-order valence-electron chi connectivity index (χ3n) is 4.37. The van der Waals surface area contributed by atoms with Crippen molar-refractivity contribution < 1.29 is 23.0 Å². The topological polar surface area (TPSA) is 73.6 Å². The van der Waals surface area contributed by atoms with Crippen LogP contribution < -0.4 is 20.5 Å². The molecule has 25 heavy (non-hydrogen) atoms. The molecule has 144 valence electrons. The molecule has 5 nitrogen and oxygen atoms in total. The Balaban J connectivity index is 0.00000576. The number of methoxy groups -OCH3 is 1. The number of nitrogens with one attached hydrogen (secondary N) is 1. The quantitative estimate of drug-likeness (QED) is 0.654. The molecule has 0 spiro atoms. The lowest BCUT2D eigenvalue weighted by atomic mass is 9.81. The van der Waals surface area contributed by atoms with Gasteiger partial charge in [0.2, 0.25) is 5.91 Å². The zero-order chi connectivity index (χ0) is 18.2. The maximum Gasteiger partial charge on any atom is 0.387 e. The lowest BCUT2D eigenvalue weighted by Gasteiger charge is -2.28. The van der Waals surface area contributed by atoms with Crippen LogP contribution >= 0.6 is 12.4 Å². The maximum atomic E-state index is 12.4. The Bertz CT molecular complexity index is 532. The van der Waals surface area contributed by atoms with Gasteiger partial charge in [-0.2, -0.15) is 8.78 Å². The van der Waals surface area contributed by atoms with Crippen LogP contribution in [0.3, 0.4) is 0 Å². The van der Waals surface area contributed by atoms with Crippen molar-refractivity contribution in [3.63, 3.8) is 0 Å². The monoisotopic (exact) mass is 380 g/mol. The first-order valence-corrected chi connectivity index (χ1v) is 8.02. The summed E-state index contributed by atoms with van der Waals surface area (Å²) in [6, 6.07) is 4.81. The summed E-state index contributed by atoms with van der Waals surface area (Å²) < 4.78 is 34.3.